The standard InChI is InChI=1S/C11H17N3/c1-8-4-2-5-9(8)13-11-7-3-6-10(12)14-11/h3,6-9H,2,4-5H2,1H3,(H3,12,13,14). The molecule has 2 rings (SSSR count). The second kappa shape index (κ2) is 3.86. The molecule has 1 aromatic rings. The van der Waals surface area contributed by atoms with E-state index < -0.39 is 0 Å². The molecular weight excluding hydrogens is 174 g/mol. The third-order valence-electron chi connectivity index (χ3n) is 2.97. The van der Waals surface area contributed by atoms with Crippen LogP contribution in [0.2, 0.25) is 0 Å². The Morgan fingerprint density at radius 1 is 1.43 bits per heavy atom. The van der Waals surface area contributed by atoms with Crippen molar-refractivity contribution in [3.8, 4) is 0 Å². The maximum absolute atomic E-state index is 5.62. The lowest BCUT2D eigenvalue weighted by atomic mass is 10.1. The molecule has 1 saturated carbocycles. The zero-order valence-electron chi connectivity index (χ0n) is 8.53. The van der Waals surface area contributed by atoms with Gasteiger partial charge in [0.15, 0.2) is 0 Å². The van der Waals surface area contributed by atoms with E-state index in [9.17, 15) is 0 Å². The fraction of sp³-hybridized carbons (Fsp3) is 0.545. The van der Waals surface area contributed by atoms with Crippen LogP contribution in [-0.2, 0) is 0 Å². The van der Waals surface area contributed by atoms with Crippen molar-refractivity contribution in [1.29, 1.82) is 0 Å². The van der Waals surface area contributed by atoms with Crippen LogP contribution in [0.4, 0.5) is 11.6 Å². The van der Waals surface area contributed by atoms with Crippen LogP contribution in [0.5, 0.6) is 0 Å². The van der Waals surface area contributed by atoms with Gasteiger partial charge in [-0.1, -0.05) is 19.4 Å². The van der Waals surface area contributed by atoms with Crippen molar-refractivity contribution in [2.24, 2.45) is 5.92 Å². The lowest BCUT2D eigenvalue weighted by Crippen LogP contribution is -2.22. The molecule has 1 fully saturated rings. The minimum absolute atomic E-state index is 0.573. The number of pyridine rings is 1. The molecule has 0 amide bonds. The number of nitrogens with two attached hydrogens (primary N) is 1. The Morgan fingerprint density at radius 3 is 2.93 bits per heavy atom. The average molecular weight is 191 g/mol. The van der Waals surface area contributed by atoms with Crippen LogP contribution in [0.1, 0.15) is 26.2 Å². The summed E-state index contributed by atoms with van der Waals surface area (Å²) < 4.78 is 0. The van der Waals surface area contributed by atoms with Gasteiger partial charge in [0.1, 0.15) is 11.6 Å². The summed E-state index contributed by atoms with van der Waals surface area (Å²) in [6.45, 7) is 2.29. The minimum Gasteiger partial charge on any atom is -0.384 e. The van der Waals surface area contributed by atoms with Crippen LogP contribution in [0.3, 0.4) is 0 Å². The molecule has 0 bridgehead atoms. The quantitative estimate of drug-likeness (QED) is 0.754. The van der Waals surface area contributed by atoms with E-state index in [1.165, 1.54) is 19.3 Å². The number of hydrogen-bond donors (Lipinski definition) is 2. The smallest absolute Gasteiger partial charge is 0.128 e. The Hall–Kier alpha value is -1.25. The largest absolute Gasteiger partial charge is 0.384 e. The summed E-state index contributed by atoms with van der Waals surface area (Å²) in [5, 5.41) is 3.44. The van der Waals surface area contributed by atoms with Gasteiger partial charge >= 0.3 is 0 Å². The van der Waals surface area contributed by atoms with Crippen LogP contribution in [0.15, 0.2) is 18.2 Å². The van der Waals surface area contributed by atoms with Crippen LogP contribution >= 0.6 is 0 Å². The maximum Gasteiger partial charge on any atom is 0.128 e. The lowest BCUT2D eigenvalue weighted by molar-refractivity contribution is 0.555. The first-order valence-corrected chi connectivity index (χ1v) is 5.25. The van der Waals surface area contributed by atoms with Gasteiger partial charge in [0.2, 0.25) is 0 Å². The Labute approximate surface area is 84.7 Å². The number of hydrogen-bond acceptors (Lipinski definition) is 3. The highest BCUT2D eigenvalue weighted by Crippen LogP contribution is 2.27. The number of rotatable bonds is 2. The van der Waals surface area contributed by atoms with Gasteiger partial charge in [-0.25, -0.2) is 4.98 Å². The lowest BCUT2D eigenvalue weighted by Gasteiger charge is -2.17. The van der Waals surface area contributed by atoms with Gasteiger partial charge in [-0.05, 0) is 30.9 Å². The first-order valence-electron chi connectivity index (χ1n) is 5.25. The molecule has 0 aromatic carbocycles. The van der Waals surface area contributed by atoms with Crippen LogP contribution in [-0.4, -0.2) is 11.0 Å². The van der Waals surface area contributed by atoms with Gasteiger partial charge in [0.25, 0.3) is 0 Å². The number of aromatic nitrogens is 1. The Morgan fingerprint density at radius 2 is 2.29 bits per heavy atom. The van der Waals surface area contributed by atoms with Crippen molar-refractivity contribution in [2.45, 2.75) is 32.2 Å². The summed E-state index contributed by atoms with van der Waals surface area (Å²) in [6, 6.07) is 6.29. The van der Waals surface area contributed by atoms with E-state index in [2.05, 4.69) is 17.2 Å². The molecule has 1 aromatic heterocycles. The predicted octanol–water partition coefficient (Wildman–Crippen LogP) is 2.26. The zero-order chi connectivity index (χ0) is 9.97. The molecule has 1 aliphatic carbocycles. The van der Waals surface area contributed by atoms with Crippen molar-refractivity contribution in [1.82, 2.24) is 4.98 Å². The zero-order valence-corrected chi connectivity index (χ0v) is 8.53. The highest BCUT2D eigenvalue weighted by atomic mass is 15.0. The topological polar surface area (TPSA) is 50.9 Å². The van der Waals surface area contributed by atoms with Crippen LogP contribution < -0.4 is 11.1 Å². The summed E-state index contributed by atoms with van der Waals surface area (Å²) in [5.74, 6) is 2.24. The Balaban J connectivity index is 2.03. The fourth-order valence-electron chi connectivity index (χ4n) is 2.08. The number of anilines is 2. The minimum atomic E-state index is 0.573. The SMILES string of the molecule is CC1CCCC1Nc1cccc(N)n1. The molecule has 3 heteroatoms. The van der Waals surface area contributed by atoms with E-state index in [0.717, 1.165) is 11.7 Å². The van der Waals surface area contributed by atoms with E-state index in [4.69, 9.17) is 5.73 Å². The van der Waals surface area contributed by atoms with E-state index in [1.54, 1.807) is 0 Å². The number of nitrogens with zero attached hydrogens (tertiary/aromatic N) is 1. The summed E-state index contributed by atoms with van der Waals surface area (Å²) in [6.07, 6.45) is 3.89. The normalized spacial score (nSPS) is 26.4. The molecular formula is C11H17N3. The van der Waals surface area contributed by atoms with Crippen LogP contribution in [0.25, 0.3) is 0 Å². The number of nitrogens with one attached hydrogen (secondary N) is 1. The third-order valence-corrected chi connectivity index (χ3v) is 2.97. The first kappa shape index (κ1) is 9.31. The van der Waals surface area contributed by atoms with Crippen molar-refractivity contribution < 1.29 is 0 Å². The summed E-state index contributed by atoms with van der Waals surface area (Å²) in [7, 11) is 0. The van der Waals surface area contributed by atoms with E-state index >= 15 is 0 Å². The molecule has 1 aliphatic rings. The summed E-state index contributed by atoms with van der Waals surface area (Å²) >= 11 is 0. The summed E-state index contributed by atoms with van der Waals surface area (Å²) in [5.41, 5.74) is 5.62. The molecule has 14 heavy (non-hydrogen) atoms. The van der Waals surface area contributed by atoms with E-state index in [1.807, 2.05) is 18.2 Å². The maximum atomic E-state index is 5.62. The molecule has 0 radical (unpaired) electrons. The first-order chi connectivity index (χ1) is 6.75. The highest BCUT2D eigenvalue weighted by molar-refractivity contribution is 5.43. The van der Waals surface area contributed by atoms with Gasteiger partial charge in [-0.2, -0.15) is 0 Å². The van der Waals surface area contributed by atoms with Gasteiger partial charge < -0.3 is 11.1 Å². The van der Waals surface area contributed by atoms with E-state index in [-0.39, 0.29) is 0 Å². The van der Waals surface area contributed by atoms with Gasteiger partial charge in [0, 0.05) is 6.04 Å². The molecule has 2 unspecified atom stereocenters. The Bertz CT molecular complexity index is 311. The van der Waals surface area contributed by atoms with E-state index in [0.29, 0.717) is 11.9 Å². The van der Waals surface area contributed by atoms with Crippen molar-refractivity contribution in [3.05, 3.63) is 18.2 Å². The summed E-state index contributed by atoms with van der Waals surface area (Å²) in [4.78, 5) is 4.24. The molecule has 0 aliphatic heterocycles. The average Bonchev–Trinajstić information content (AvgIpc) is 2.52. The number of nitrogen functional groups attached to an aromatic ring is 1. The second-order valence-electron chi connectivity index (χ2n) is 4.11. The van der Waals surface area contributed by atoms with Crippen molar-refractivity contribution in [3.63, 3.8) is 0 Å². The van der Waals surface area contributed by atoms with Gasteiger partial charge in [0.05, 0.1) is 0 Å². The molecule has 3 nitrogen and oxygen atoms in total. The fourth-order valence-corrected chi connectivity index (χ4v) is 2.08. The third kappa shape index (κ3) is 1.97. The predicted molar refractivity (Wildman–Crippen MR) is 59.1 cm³/mol. The Kier molecular flexibility index (Phi) is 2.57. The molecule has 1 heterocycles. The van der Waals surface area contributed by atoms with Gasteiger partial charge in [-0.15, -0.1) is 0 Å². The monoisotopic (exact) mass is 191 g/mol. The molecule has 76 valence electrons. The van der Waals surface area contributed by atoms with Crippen LogP contribution in [0, 0.1) is 5.92 Å². The molecule has 0 spiro atoms. The molecule has 3 N–H and O–H groups in total. The highest BCUT2D eigenvalue weighted by Gasteiger charge is 2.23. The van der Waals surface area contributed by atoms with Crippen molar-refractivity contribution in [2.75, 3.05) is 11.1 Å². The molecule has 0 saturated heterocycles. The molecule has 2 atom stereocenters. The van der Waals surface area contributed by atoms with Gasteiger partial charge in [-0.3, -0.25) is 0 Å². The van der Waals surface area contributed by atoms with Crippen molar-refractivity contribution >= 4 is 11.6 Å². The second-order valence-corrected chi connectivity index (χ2v) is 4.11.